The topological polar surface area (TPSA) is 43.1 Å². The summed E-state index contributed by atoms with van der Waals surface area (Å²) in [5, 5.41) is 0. The number of unbranched alkanes of at least 4 members (excludes halogenated alkanes) is 1. The van der Waals surface area contributed by atoms with Gasteiger partial charge < -0.3 is 4.42 Å². The summed E-state index contributed by atoms with van der Waals surface area (Å²) in [6, 6.07) is 8.01. The molecule has 84 valence electrons. The molecule has 0 saturated carbocycles. The minimum Gasteiger partial charge on any atom is -0.394 e. The Bertz CT molecular complexity index is 498. The minimum atomic E-state index is -0.356. The van der Waals surface area contributed by atoms with Gasteiger partial charge in [-0.1, -0.05) is 25.5 Å². The molecule has 4 heteroatoms. The summed E-state index contributed by atoms with van der Waals surface area (Å²) >= 11 is 0.845. The fraction of sp³-hybridized carbons (Fsp3) is 0.333. The van der Waals surface area contributed by atoms with Crippen LogP contribution in [0.4, 0.5) is 0 Å². The van der Waals surface area contributed by atoms with E-state index < -0.39 is 0 Å². The SMILES string of the molecule is CCCCc1ccc(-c2nsc(=O)o2)cc1. The molecule has 0 N–H and O–H groups in total. The van der Waals surface area contributed by atoms with Gasteiger partial charge in [-0.15, -0.1) is 4.37 Å². The van der Waals surface area contributed by atoms with Gasteiger partial charge in [-0.3, -0.25) is 0 Å². The molecule has 0 radical (unpaired) electrons. The summed E-state index contributed by atoms with van der Waals surface area (Å²) in [5.41, 5.74) is 2.17. The van der Waals surface area contributed by atoms with Gasteiger partial charge in [0.1, 0.15) is 0 Å². The maximum Gasteiger partial charge on any atom is 0.414 e. The standard InChI is InChI=1S/C12H13NO2S/c1-2-3-4-9-5-7-10(8-6-9)11-13-16-12(14)15-11/h5-8H,2-4H2,1H3. The van der Waals surface area contributed by atoms with Crippen molar-refractivity contribution >= 4 is 11.5 Å². The predicted molar refractivity (Wildman–Crippen MR) is 64.7 cm³/mol. The lowest BCUT2D eigenvalue weighted by atomic mass is 10.1. The van der Waals surface area contributed by atoms with E-state index in [1.807, 2.05) is 12.1 Å². The normalized spacial score (nSPS) is 10.6. The number of hydrogen-bond donors (Lipinski definition) is 0. The molecule has 0 bridgehead atoms. The van der Waals surface area contributed by atoms with Crippen LogP contribution in [0, 0.1) is 0 Å². The van der Waals surface area contributed by atoms with Gasteiger partial charge in [0.05, 0.1) is 11.5 Å². The average Bonchev–Trinajstić information content (AvgIpc) is 2.74. The second-order valence-corrected chi connectivity index (χ2v) is 4.34. The van der Waals surface area contributed by atoms with Crippen LogP contribution in [0.5, 0.6) is 0 Å². The summed E-state index contributed by atoms with van der Waals surface area (Å²) in [7, 11) is 0. The van der Waals surface area contributed by atoms with Crippen molar-refractivity contribution in [3.8, 4) is 11.5 Å². The molecule has 0 fully saturated rings. The molecule has 16 heavy (non-hydrogen) atoms. The predicted octanol–water partition coefficient (Wildman–Crippen LogP) is 3.11. The summed E-state index contributed by atoms with van der Waals surface area (Å²) in [5.74, 6) is 0.414. The molecule has 0 aliphatic carbocycles. The van der Waals surface area contributed by atoms with Gasteiger partial charge in [0.15, 0.2) is 0 Å². The second kappa shape index (κ2) is 5.07. The zero-order chi connectivity index (χ0) is 11.4. The van der Waals surface area contributed by atoms with E-state index in [1.54, 1.807) is 0 Å². The molecule has 1 aromatic carbocycles. The van der Waals surface area contributed by atoms with E-state index >= 15 is 0 Å². The van der Waals surface area contributed by atoms with Crippen molar-refractivity contribution in [2.45, 2.75) is 26.2 Å². The Labute approximate surface area is 97.9 Å². The lowest BCUT2D eigenvalue weighted by Gasteiger charge is -2.00. The summed E-state index contributed by atoms with van der Waals surface area (Å²) in [4.78, 5) is 10.5. The van der Waals surface area contributed by atoms with Crippen LogP contribution >= 0.6 is 11.5 Å². The average molecular weight is 235 g/mol. The summed E-state index contributed by atoms with van der Waals surface area (Å²) in [6.07, 6.45) is 3.49. The maximum atomic E-state index is 10.9. The van der Waals surface area contributed by atoms with Crippen LogP contribution in [-0.4, -0.2) is 4.37 Å². The van der Waals surface area contributed by atoms with Crippen molar-refractivity contribution in [3.63, 3.8) is 0 Å². The highest BCUT2D eigenvalue weighted by molar-refractivity contribution is 7.02. The van der Waals surface area contributed by atoms with Crippen LogP contribution in [-0.2, 0) is 6.42 Å². The van der Waals surface area contributed by atoms with Gasteiger partial charge >= 0.3 is 4.94 Å². The number of benzene rings is 1. The molecule has 0 saturated heterocycles. The highest BCUT2D eigenvalue weighted by atomic mass is 32.1. The maximum absolute atomic E-state index is 10.9. The van der Waals surface area contributed by atoms with Crippen molar-refractivity contribution in [2.24, 2.45) is 0 Å². The first-order valence-electron chi connectivity index (χ1n) is 5.35. The third-order valence-corrected chi connectivity index (χ3v) is 2.89. The minimum absolute atomic E-state index is 0.356. The number of rotatable bonds is 4. The number of hydrogen-bond acceptors (Lipinski definition) is 4. The third-order valence-electron chi connectivity index (χ3n) is 2.40. The van der Waals surface area contributed by atoms with Crippen molar-refractivity contribution in [3.05, 3.63) is 39.6 Å². The Kier molecular flexibility index (Phi) is 3.51. The molecule has 0 unspecified atom stereocenters. The van der Waals surface area contributed by atoms with Gasteiger partial charge in [0.25, 0.3) is 0 Å². The Morgan fingerprint density at radius 3 is 2.62 bits per heavy atom. The molecule has 2 rings (SSSR count). The molecule has 1 heterocycles. The Balaban J connectivity index is 2.16. The fourth-order valence-corrected chi connectivity index (χ4v) is 1.92. The van der Waals surface area contributed by atoms with E-state index in [9.17, 15) is 4.79 Å². The monoisotopic (exact) mass is 235 g/mol. The van der Waals surface area contributed by atoms with E-state index in [0.717, 1.165) is 23.5 Å². The van der Waals surface area contributed by atoms with Crippen LogP contribution in [0.25, 0.3) is 11.5 Å². The van der Waals surface area contributed by atoms with Gasteiger partial charge in [-0.05, 0) is 30.5 Å². The highest BCUT2D eigenvalue weighted by Crippen LogP contribution is 2.17. The van der Waals surface area contributed by atoms with Gasteiger partial charge in [-0.25, -0.2) is 4.79 Å². The van der Waals surface area contributed by atoms with Crippen LogP contribution in [0.15, 0.2) is 33.5 Å². The fourth-order valence-electron chi connectivity index (χ4n) is 1.50. The number of aromatic nitrogens is 1. The molecular formula is C12H13NO2S. The lowest BCUT2D eigenvalue weighted by molar-refractivity contribution is 0.543. The Morgan fingerprint density at radius 2 is 2.06 bits per heavy atom. The molecule has 0 aliphatic heterocycles. The van der Waals surface area contributed by atoms with Gasteiger partial charge in [0.2, 0.25) is 5.89 Å². The van der Waals surface area contributed by atoms with Gasteiger partial charge in [-0.2, -0.15) is 0 Å². The van der Waals surface area contributed by atoms with Crippen LogP contribution in [0.1, 0.15) is 25.3 Å². The van der Waals surface area contributed by atoms with Crippen LogP contribution in [0.2, 0.25) is 0 Å². The third kappa shape index (κ3) is 2.58. The van der Waals surface area contributed by atoms with Crippen molar-refractivity contribution in [1.29, 1.82) is 0 Å². The Morgan fingerprint density at radius 1 is 1.31 bits per heavy atom. The summed E-state index contributed by atoms with van der Waals surface area (Å²) in [6.45, 7) is 2.18. The van der Waals surface area contributed by atoms with E-state index in [4.69, 9.17) is 4.42 Å². The zero-order valence-corrected chi connectivity index (χ0v) is 9.92. The van der Waals surface area contributed by atoms with E-state index in [1.165, 1.54) is 18.4 Å². The number of nitrogens with zero attached hydrogens (tertiary/aromatic N) is 1. The van der Waals surface area contributed by atoms with E-state index in [-0.39, 0.29) is 4.94 Å². The smallest absolute Gasteiger partial charge is 0.394 e. The van der Waals surface area contributed by atoms with Crippen LogP contribution in [0.3, 0.4) is 0 Å². The van der Waals surface area contributed by atoms with Crippen molar-refractivity contribution < 1.29 is 4.42 Å². The first kappa shape index (κ1) is 11.1. The molecule has 3 nitrogen and oxygen atoms in total. The lowest BCUT2D eigenvalue weighted by Crippen LogP contribution is -1.85. The second-order valence-electron chi connectivity index (χ2n) is 3.64. The van der Waals surface area contributed by atoms with E-state index in [2.05, 4.69) is 23.4 Å². The van der Waals surface area contributed by atoms with Crippen molar-refractivity contribution in [1.82, 2.24) is 4.37 Å². The molecule has 1 aromatic heterocycles. The van der Waals surface area contributed by atoms with E-state index in [0.29, 0.717) is 5.89 Å². The molecule has 0 atom stereocenters. The zero-order valence-electron chi connectivity index (χ0n) is 9.10. The first-order chi connectivity index (χ1) is 7.79. The molecule has 0 amide bonds. The molecule has 2 aromatic rings. The molecular weight excluding hydrogens is 222 g/mol. The first-order valence-corrected chi connectivity index (χ1v) is 6.13. The quantitative estimate of drug-likeness (QED) is 0.817. The van der Waals surface area contributed by atoms with Gasteiger partial charge in [0, 0.05) is 5.56 Å². The molecule has 0 aliphatic rings. The van der Waals surface area contributed by atoms with Crippen LogP contribution < -0.4 is 4.94 Å². The summed E-state index contributed by atoms with van der Waals surface area (Å²) < 4.78 is 8.88. The largest absolute Gasteiger partial charge is 0.414 e. The van der Waals surface area contributed by atoms with Crippen molar-refractivity contribution in [2.75, 3.05) is 0 Å². The highest BCUT2D eigenvalue weighted by Gasteiger charge is 2.04. The number of aryl methyl sites for hydroxylation is 1. The molecule has 0 spiro atoms. The Hall–Kier alpha value is -1.42.